The molecule has 2 N–H and O–H groups in total. The smallest absolute Gasteiger partial charge is 0.0549 e. The topological polar surface area (TPSA) is 35.2 Å². The monoisotopic (exact) mass is 143 g/mol. The maximum absolute atomic E-state index is 5.46. The van der Waals surface area contributed by atoms with Gasteiger partial charge in [0, 0.05) is 6.61 Å². The molecule has 2 nitrogen and oxygen atoms in total. The minimum Gasteiger partial charge on any atom is -0.378 e. The van der Waals surface area contributed by atoms with E-state index in [0.29, 0.717) is 6.10 Å². The van der Waals surface area contributed by atoms with Gasteiger partial charge in [0.1, 0.15) is 0 Å². The number of hydrogen-bond acceptors (Lipinski definition) is 2. The van der Waals surface area contributed by atoms with E-state index in [1.165, 1.54) is 19.3 Å². The Bertz CT molecular complexity index is 93.3. The second kappa shape index (κ2) is 3.94. The molecular formula is C8H17NO. The Morgan fingerprint density at radius 1 is 1.60 bits per heavy atom. The molecule has 1 aliphatic rings. The van der Waals surface area contributed by atoms with Crippen molar-refractivity contribution in [3.63, 3.8) is 0 Å². The number of ether oxygens (including phenoxy) is 1. The molecule has 0 spiro atoms. The first-order valence-corrected chi connectivity index (χ1v) is 4.14. The van der Waals surface area contributed by atoms with E-state index in [0.717, 1.165) is 19.1 Å². The molecule has 2 atom stereocenters. The molecule has 60 valence electrons. The van der Waals surface area contributed by atoms with Crippen molar-refractivity contribution in [3.05, 3.63) is 0 Å². The van der Waals surface area contributed by atoms with Gasteiger partial charge < -0.3 is 10.5 Å². The van der Waals surface area contributed by atoms with Crippen molar-refractivity contribution in [2.45, 2.75) is 32.3 Å². The van der Waals surface area contributed by atoms with Crippen LogP contribution in [0.15, 0.2) is 0 Å². The van der Waals surface area contributed by atoms with Gasteiger partial charge in [-0.25, -0.2) is 0 Å². The van der Waals surface area contributed by atoms with Crippen LogP contribution in [0.25, 0.3) is 0 Å². The lowest BCUT2D eigenvalue weighted by Crippen LogP contribution is -2.24. The highest BCUT2D eigenvalue weighted by atomic mass is 16.5. The maximum atomic E-state index is 5.46. The molecule has 2 heteroatoms. The lowest BCUT2D eigenvalue weighted by atomic mass is 9.93. The summed E-state index contributed by atoms with van der Waals surface area (Å²) in [5, 5.41) is 0. The molecule has 0 amide bonds. The predicted octanol–water partition coefficient (Wildman–Crippen LogP) is 1.15. The van der Waals surface area contributed by atoms with E-state index < -0.39 is 0 Å². The van der Waals surface area contributed by atoms with Crippen molar-refractivity contribution in [3.8, 4) is 0 Å². The Kier molecular flexibility index (Phi) is 3.16. The van der Waals surface area contributed by atoms with Crippen LogP contribution in [-0.4, -0.2) is 19.3 Å². The number of nitrogens with two attached hydrogens (primary N) is 1. The molecule has 0 radical (unpaired) electrons. The van der Waals surface area contributed by atoms with Crippen molar-refractivity contribution in [1.82, 2.24) is 0 Å². The molecule has 1 heterocycles. The molecule has 2 unspecified atom stereocenters. The Morgan fingerprint density at radius 3 is 3.00 bits per heavy atom. The third-order valence-corrected chi connectivity index (χ3v) is 2.17. The fourth-order valence-corrected chi connectivity index (χ4v) is 1.59. The van der Waals surface area contributed by atoms with Gasteiger partial charge in [0.2, 0.25) is 0 Å². The van der Waals surface area contributed by atoms with Gasteiger partial charge in [-0.1, -0.05) is 0 Å². The Labute approximate surface area is 62.7 Å². The van der Waals surface area contributed by atoms with Crippen molar-refractivity contribution < 1.29 is 4.74 Å². The van der Waals surface area contributed by atoms with Crippen LogP contribution < -0.4 is 5.73 Å². The first kappa shape index (κ1) is 8.02. The molecular weight excluding hydrogens is 126 g/mol. The van der Waals surface area contributed by atoms with E-state index in [1.54, 1.807) is 0 Å². The quantitative estimate of drug-likeness (QED) is 0.629. The largest absolute Gasteiger partial charge is 0.378 e. The Balaban J connectivity index is 2.18. The molecule has 1 saturated heterocycles. The van der Waals surface area contributed by atoms with Crippen LogP contribution in [0.2, 0.25) is 0 Å². The zero-order chi connectivity index (χ0) is 7.40. The second-order valence-electron chi connectivity index (χ2n) is 3.15. The van der Waals surface area contributed by atoms with Crippen molar-refractivity contribution in [1.29, 1.82) is 0 Å². The summed E-state index contributed by atoms with van der Waals surface area (Å²) in [5.74, 6) is 0.828. The number of hydrogen-bond donors (Lipinski definition) is 1. The molecule has 0 aromatic carbocycles. The molecule has 1 fully saturated rings. The standard InChI is InChI=1S/C8H17NO/c1-7-6-8(2-4-9)3-5-10-7/h7-8H,2-6,9H2,1H3. The molecule has 0 aliphatic carbocycles. The first-order valence-electron chi connectivity index (χ1n) is 4.14. The summed E-state index contributed by atoms with van der Waals surface area (Å²) in [6.07, 6.45) is 4.05. The molecule has 1 rings (SSSR count). The van der Waals surface area contributed by atoms with E-state index in [4.69, 9.17) is 10.5 Å². The summed E-state index contributed by atoms with van der Waals surface area (Å²) in [4.78, 5) is 0. The third kappa shape index (κ3) is 2.27. The van der Waals surface area contributed by atoms with Crippen LogP contribution >= 0.6 is 0 Å². The zero-order valence-electron chi connectivity index (χ0n) is 6.68. The lowest BCUT2D eigenvalue weighted by Gasteiger charge is -2.26. The SMILES string of the molecule is CC1CC(CCN)CCO1. The van der Waals surface area contributed by atoms with E-state index >= 15 is 0 Å². The van der Waals surface area contributed by atoms with Crippen LogP contribution in [0.1, 0.15) is 26.2 Å². The molecule has 0 aromatic rings. The Morgan fingerprint density at radius 2 is 2.40 bits per heavy atom. The minimum absolute atomic E-state index is 0.463. The summed E-state index contributed by atoms with van der Waals surface area (Å²) in [6.45, 7) is 3.91. The average molecular weight is 143 g/mol. The first-order chi connectivity index (χ1) is 4.83. The van der Waals surface area contributed by atoms with Gasteiger partial charge in [0.05, 0.1) is 6.10 Å². The second-order valence-corrected chi connectivity index (χ2v) is 3.15. The molecule has 10 heavy (non-hydrogen) atoms. The molecule has 0 bridgehead atoms. The summed E-state index contributed by atoms with van der Waals surface area (Å²) in [7, 11) is 0. The van der Waals surface area contributed by atoms with Crippen LogP contribution in [-0.2, 0) is 4.74 Å². The van der Waals surface area contributed by atoms with Gasteiger partial charge in [-0.05, 0) is 38.6 Å². The van der Waals surface area contributed by atoms with Crippen molar-refractivity contribution in [2.24, 2.45) is 11.7 Å². The lowest BCUT2D eigenvalue weighted by molar-refractivity contribution is 0.00145. The summed E-state index contributed by atoms with van der Waals surface area (Å²) in [6, 6.07) is 0. The van der Waals surface area contributed by atoms with Crippen LogP contribution in [0.4, 0.5) is 0 Å². The van der Waals surface area contributed by atoms with Crippen molar-refractivity contribution >= 4 is 0 Å². The molecule has 0 aromatic heterocycles. The predicted molar refractivity (Wildman–Crippen MR) is 41.8 cm³/mol. The van der Waals surface area contributed by atoms with Gasteiger partial charge >= 0.3 is 0 Å². The highest BCUT2D eigenvalue weighted by molar-refractivity contribution is 4.68. The minimum atomic E-state index is 0.463. The zero-order valence-corrected chi connectivity index (χ0v) is 6.68. The maximum Gasteiger partial charge on any atom is 0.0549 e. The van der Waals surface area contributed by atoms with Crippen LogP contribution in [0, 0.1) is 5.92 Å². The van der Waals surface area contributed by atoms with Crippen molar-refractivity contribution in [2.75, 3.05) is 13.2 Å². The van der Waals surface area contributed by atoms with Crippen LogP contribution in [0.5, 0.6) is 0 Å². The summed E-state index contributed by atoms with van der Waals surface area (Å²) in [5.41, 5.74) is 5.46. The van der Waals surface area contributed by atoms with E-state index in [1.807, 2.05) is 0 Å². The molecule has 1 aliphatic heterocycles. The van der Waals surface area contributed by atoms with Gasteiger partial charge in [0.25, 0.3) is 0 Å². The molecule has 0 saturated carbocycles. The van der Waals surface area contributed by atoms with E-state index in [2.05, 4.69) is 6.92 Å². The van der Waals surface area contributed by atoms with Gasteiger partial charge in [0.15, 0.2) is 0 Å². The van der Waals surface area contributed by atoms with E-state index in [9.17, 15) is 0 Å². The summed E-state index contributed by atoms with van der Waals surface area (Å²) < 4.78 is 5.41. The normalized spacial score (nSPS) is 34.2. The van der Waals surface area contributed by atoms with Gasteiger partial charge in [-0.2, -0.15) is 0 Å². The fraction of sp³-hybridized carbons (Fsp3) is 1.00. The highest BCUT2D eigenvalue weighted by Gasteiger charge is 2.17. The number of rotatable bonds is 2. The van der Waals surface area contributed by atoms with E-state index in [-0.39, 0.29) is 0 Å². The highest BCUT2D eigenvalue weighted by Crippen LogP contribution is 2.21. The Hall–Kier alpha value is -0.0800. The average Bonchev–Trinajstić information content (AvgIpc) is 1.88. The van der Waals surface area contributed by atoms with Crippen LogP contribution in [0.3, 0.4) is 0 Å². The fourth-order valence-electron chi connectivity index (χ4n) is 1.59. The summed E-state index contributed by atoms with van der Waals surface area (Å²) >= 11 is 0. The van der Waals surface area contributed by atoms with Gasteiger partial charge in [-0.3, -0.25) is 0 Å². The van der Waals surface area contributed by atoms with Gasteiger partial charge in [-0.15, -0.1) is 0 Å². The third-order valence-electron chi connectivity index (χ3n) is 2.17.